The van der Waals surface area contributed by atoms with Crippen LogP contribution in [0.4, 0.5) is 5.69 Å². The van der Waals surface area contributed by atoms with Crippen molar-refractivity contribution in [2.75, 3.05) is 5.32 Å². The monoisotopic (exact) mass is 279 g/mol. The van der Waals surface area contributed by atoms with Crippen molar-refractivity contribution in [3.63, 3.8) is 0 Å². The van der Waals surface area contributed by atoms with Crippen molar-refractivity contribution < 1.29 is 4.79 Å². The van der Waals surface area contributed by atoms with E-state index in [9.17, 15) is 4.79 Å². The van der Waals surface area contributed by atoms with Gasteiger partial charge in [-0.15, -0.1) is 0 Å². The standard InChI is InChI=1S/C15H13N5O/c1-11-4-5-13(19-14(11)20-8-7-17-10-20)15(21)18-12-3-2-6-16-9-12/h2-10H,1H3,(H,18,21). The Morgan fingerprint density at radius 2 is 2.10 bits per heavy atom. The van der Waals surface area contributed by atoms with Gasteiger partial charge in [0, 0.05) is 18.6 Å². The maximum absolute atomic E-state index is 12.2. The number of nitrogens with one attached hydrogen (secondary N) is 1. The van der Waals surface area contributed by atoms with E-state index in [0.717, 1.165) is 5.56 Å². The Hall–Kier alpha value is -3.02. The highest BCUT2D eigenvalue weighted by Gasteiger charge is 2.11. The first-order valence-corrected chi connectivity index (χ1v) is 6.41. The van der Waals surface area contributed by atoms with Gasteiger partial charge < -0.3 is 5.32 Å². The Kier molecular flexibility index (Phi) is 3.42. The van der Waals surface area contributed by atoms with Gasteiger partial charge in [0.15, 0.2) is 0 Å². The number of aromatic nitrogens is 4. The van der Waals surface area contributed by atoms with Crippen LogP contribution in [0.25, 0.3) is 5.82 Å². The Morgan fingerprint density at radius 3 is 2.81 bits per heavy atom. The molecule has 0 unspecified atom stereocenters. The number of nitrogens with zero attached hydrogens (tertiary/aromatic N) is 4. The molecular formula is C15H13N5O. The lowest BCUT2D eigenvalue weighted by Gasteiger charge is -2.09. The summed E-state index contributed by atoms with van der Waals surface area (Å²) < 4.78 is 1.77. The summed E-state index contributed by atoms with van der Waals surface area (Å²) in [5.74, 6) is 0.413. The predicted octanol–water partition coefficient (Wildman–Crippen LogP) is 2.22. The summed E-state index contributed by atoms with van der Waals surface area (Å²) in [4.78, 5) is 24.6. The van der Waals surface area contributed by atoms with Crippen LogP contribution in [0.5, 0.6) is 0 Å². The lowest BCUT2D eigenvalue weighted by Crippen LogP contribution is -2.15. The van der Waals surface area contributed by atoms with Gasteiger partial charge in [-0.05, 0) is 30.7 Å². The molecule has 21 heavy (non-hydrogen) atoms. The molecule has 3 rings (SSSR count). The summed E-state index contributed by atoms with van der Waals surface area (Å²) in [7, 11) is 0. The molecule has 0 saturated carbocycles. The highest BCUT2D eigenvalue weighted by atomic mass is 16.1. The van der Waals surface area contributed by atoms with Crippen LogP contribution < -0.4 is 5.32 Å². The molecule has 0 spiro atoms. The quantitative estimate of drug-likeness (QED) is 0.798. The summed E-state index contributed by atoms with van der Waals surface area (Å²) in [6, 6.07) is 7.09. The van der Waals surface area contributed by atoms with Gasteiger partial charge in [-0.2, -0.15) is 0 Å². The largest absolute Gasteiger partial charge is 0.319 e. The molecule has 3 heterocycles. The van der Waals surface area contributed by atoms with Gasteiger partial charge in [0.1, 0.15) is 17.8 Å². The Balaban J connectivity index is 1.89. The van der Waals surface area contributed by atoms with Gasteiger partial charge in [0.05, 0.1) is 11.9 Å². The molecule has 1 amide bonds. The van der Waals surface area contributed by atoms with Crippen molar-refractivity contribution in [2.45, 2.75) is 6.92 Å². The lowest BCUT2D eigenvalue weighted by molar-refractivity contribution is 0.102. The zero-order chi connectivity index (χ0) is 14.7. The Labute approximate surface area is 121 Å². The summed E-state index contributed by atoms with van der Waals surface area (Å²) in [5.41, 5.74) is 1.94. The van der Waals surface area contributed by atoms with Crippen LogP contribution in [-0.2, 0) is 0 Å². The molecule has 0 bridgehead atoms. The van der Waals surface area contributed by atoms with Gasteiger partial charge in [0.2, 0.25) is 0 Å². The van der Waals surface area contributed by atoms with E-state index in [0.29, 0.717) is 17.2 Å². The van der Waals surface area contributed by atoms with E-state index in [1.807, 2.05) is 13.0 Å². The van der Waals surface area contributed by atoms with E-state index in [4.69, 9.17) is 0 Å². The number of imidazole rings is 1. The number of rotatable bonds is 3. The van der Waals surface area contributed by atoms with E-state index in [1.165, 1.54) is 0 Å². The number of anilines is 1. The average molecular weight is 279 g/mol. The second-order valence-corrected chi connectivity index (χ2v) is 4.50. The van der Waals surface area contributed by atoms with Crippen LogP contribution in [0, 0.1) is 6.92 Å². The van der Waals surface area contributed by atoms with Crippen LogP contribution >= 0.6 is 0 Å². The highest BCUT2D eigenvalue weighted by Crippen LogP contribution is 2.13. The minimum Gasteiger partial charge on any atom is -0.319 e. The molecule has 0 radical (unpaired) electrons. The summed E-state index contributed by atoms with van der Waals surface area (Å²) in [6.45, 7) is 1.94. The van der Waals surface area contributed by atoms with E-state index < -0.39 is 0 Å². The number of carbonyl (C=O) groups excluding carboxylic acids is 1. The normalized spacial score (nSPS) is 10.3. The van der Waals surface area contributed by atoms with E-state index >= 15 is 0 Å². The van der Waals surface area contributed by atoms with Crippen LogP contribution in [-0.4, -0.2) is 25.4 Å². The minimum absolute atomic E-state index is 0.274. The van der Waals surface area contributed by atoms with Gasteiger partial charge in [0.25, 0.3) is 5.91 Å². The smallest absolute Gasteiger partial charge is 0.274 e. The number of hydrogen-bond acceptors (Lipinski definition) is 4. The molecule has 0 atom stereocenters. The first-order valence-electron chi connectivity index (χ1n) is 6.41. The van der Waals surface area contributed by atoms with Gasteiger partial charge in [-0.25, -0.2) is 9.97 Å². The fourth-order valence-electron chi connectivity index (χ4n) is 1.92. The maximum atomic E-state index is 12.2. The van der Waals surface area contributed by atoms with Gasteiger partial charge in [-0.3, -0.25) is 14.3 Å². The summed E-state index contributed by atoms with van der Waals surface area (Å²) in [5, 5.41) is 2.76. The molecule has 0 aromatic carbocycles. The molecular weight excluding hydrogens is 266 g/mol. The van der Waals surface area contributed by atoms with Crippen LogP contribution in [0.2, 0.25) is 0 Å². The molecule has 6 heteroatoms. The van der Waals surface area contributed by atoms with Crippen LogP contribution in [0.3, 0.4) is 0 Å². The summed E-state index contributed by atoms with van der Waals surface area (Å²) >= 11 is 0. The van der Waals surface area contributed by atoms with Gasteiger partial charge >= 0.3 is 0 Å². The molecule has 3 aromatic heterocycles. The fraction of sp³-hybridized carbons (Fsp3) is 0.0667. The molecule has 0 aliphatic heterocycles. The van der Waals surface area contributed by atoms with Crippen molar-refractivity contribution >= 4 is 11.6 Å². The van der Waals surface area contributed by atoms with Crippen molar-refractivity contribution in [2.24, 2.45) is 0 Å². The van der Waals surface area contributed by atoms with Crippen molar-refractivity contribution in [1.29, 1.82) is 0 Å². The molecule has 6 nitrogen and oxygen atoms in total. The SMILES string of the molecule is Cc1ccc(C(=O)Nc2cccnc2)nc1-n1ccnc1. The van der Waals surface area contributed by atoms with Crippen molar-refractivity contribution in [3.05, 3.63) is 66.6 Å². The molecule has 0 aliphatic rings. The maximum Gasteiger partial charge on any atom is 0.274 e. The summed E-state index contributed by atoms with van der Waals surface area (Å²) in [6.07, 6.45) is 8.35. The number of hydrogen-bond donors (Lipinski definition) is 1. The van der Waals surface area contributed by atoms with E-state index in [1.54, 1.807) is 53.9 Å². The highest BCUT2D eigenvalue weighted by molar-refractivity contribution is 6.02. The van der Waals surface area contributed by atoms with Crippen molar-refractivity contribution in [1.82, 2.24) is 19.5 Å². The third kappa shape index (κ3) is 2.79. The van der Waals surface area contributed by atoms with Crippen LogP contribution in [0.1, 0.15) is 16.1 Å². The fourth-order valence-corrected chi connectivity index (χ4v) is 1.92. The Bertz CT molecular complexity index is 753. The third-order valence-corrected chi connectivity index (χ3v) is 2.97. The number of pyridine rings is 2. The van der Waals surface area contributed by atoms with E-state index in [-0.39, 0.29) is 5.91 Å². The molecule has 0 aliphatic carbocycles. The molecule has 1 N–H and O–H groups in total. The average Bonchev–Trinajstić information content (AvgIpc) is 3.03. The Morgan fingerprint density at radius 1 is 1.19 bits per heavy atom. The topological polar surface area (TPSA) is 72.7 Å². The molecule has 104 valence electrons. The first-order chi connectivity index (χ1) is 10.2. The second kappa shape index (κ2) is 5.54. The molecule has 0 fully saturated rings. The van der Waals surface area contributed by atoms with Crippen LogP contribution in [0.15, 0.2) is 55.4 Å². The van der Waals surface area contributed by atoms with E-state index in [2.05, 4.69) is 20.3 Å². The predicted molar refractivity (Wildman–Crippen MR) is 78.3 cm³/mol. The second-order valence-electron chi connectivity index (χ2n) is 4.50. The third-order valence-electron chi connectivity index (χ3n) is 2.97. The zero-order valence-electron chi connectivity index (χ0n) is 11.4. The minimum atomic E-state index is -0.274. The lowest BCUT2D eigenvalue weighted by atomic mass is 10.2. The number of amides is 1. The van der Waals surface area contributed by atoms with Gasteiger partial charge in [-0.1, -0.05) is 6.07 Å². The number of carbonyl (C=O) groups is 1. The molecule has 3 aromatic rings. The first kappa shape index (κ1) is 13.0. The molecule has 0 saturated heterocycles. The zero-order valence-corrected chi connectivity index (χ0v) is 11.4. The van der Waals surface area contributed by atoms with Crippen molar-refractivity contribution in [3.8, 4) is 5.82 Å². The number of aryl methyl sites for hydroxylation is 1.